The zero-order chi connectivity index (χ0) is 22.3. The van der Waals surface area contributed by atoms with E-state index in [0.29, 0.717) is 0 Å². The quantitative estimate of drug-likeness (QED) is 0.181. The molecule has 0 amide bonds. The first-order valence-corrected chi connectivity index (χ1v) is 10.9. The summed E-state index contributed by atoms with van der Waals surface area (Å²) in [7, 11) is 0. The minimum atomic E-state index is 0.0481. The molecule has 0 unspecified atom stereocenters. The van der Waals surface area contributed by atoms with Gasteiger partial charge in [0, 0.05) is 16.7 Å². The van der Waals surface area contributed by atoms with Crippen LogP contribution in [0.3, 0.4) is 0 Å². The van der Waals surface area contributed by atoms with Crippen molar-refractivity contribution in [2.45, 2.75) is 26.2 Å². The predicted octanol–water partition coefficient (Wildman–Crippen LogP) is 7.82. The van der Waals surface area contributed by atoms with E-state index in [2.05, 4.69) is 117 Å². The van der Waals surface area contributed by atoms with E-state index < -0.39 is 0 Å². The first kappa shape index (κ1) is 19.9. The van der Waals surface area contributed by atoms with E-state index in [1.165, 1.54) is 37.9 Å². The van der Waals surface area contributed by atoms with E-state index >= 15 is 0 Å². The van der Waals surface area contributed by atoms with Crippen LogP contribution in [0.4, 0.5) is 0 Å². The predicted molar refractivity (Wildman–Crippen MR) is 138 cm³/mol. The van der Waals surface area contributed by atoms with E-state index in [1.54, 1.807) is 0 Å². The molecular formula is C32H24. The molecule has 32 heavy (non-hydrogen) atoms. The van der Waals surface area contributed by atoms with Crippen LogP contribution in [0.1, 0.15) is 43.0 Å². The molecule has 0 bridgehead atoms. The maximum atomic E-state index is 5.75. The number of terminal acetylenes is 1. The van der Waals surface area contributed by atoms with Crippen LogP contribution in [0.5, 0.6) is 0 Å². The summed E-state index contributed by atoms with van der Waals surface area (Å²) in [6.07, 6.45) is 5.75. The maximum absolute atomic E-state index is 5.75. The first-order chi connectivity index (χ1) is 15.5. The van der Waals surface area contributed by atoms with Gasteiger partial charge in [0.25, 0.3) is 0 Å². The Morgan fingerprint density at radius 1 is 0.562 bits per heavy atom. The Morgan fingerprint density at radius 3 is 1.69 bits per heavy atom. The van der Waals surface area contributed by atoms with Gasteiger partial charge in [0.2, 0.25) is 0 Å². The van der Waals surface area contributed by atoms with Crippen molar-refractivity contribution in [1.82, 2.24) is 0 Å². The van der Waals surface area contributed by atoms with Crippen molar-refractivity contribution in [3.05, 3.63) is 107 Å². The lowest BCUT2D eigenvalue weighted by Crippen LogP contribution is -2.11. The Hall–Kier alpha value is -4.00. The molecule has 0 saturated heterocycles. The van der Waals surface area contributed by atoms with Crippen LogP contribution in [0.25, 0.3) is 32.3 Å². The van der Waals surface area contributed by atoms with Crippen LogP contribution in [-0.4, -0.2) is 0 Å². The van der Waals surface area contributed by atoms with Gasteiger partial charge in [-0.2, -0.15) is 0 Å². The van der Waals surface area contributed by atoms with Crippen molar-refractivity contribution in [1.29, 1.82) is 0 Å². The van der Waals surface area contributed by atoms with Gasteiger partial charge in [0.05, 0.1) is 0 Å². The third-order valence-electron chi connectivity index (χ3n) is 6.13. The van der Waals surface area contributed by atoms with E-state index in [1.807, 2.05) is 6.07 Å². The number of rotatable bonds is 0. The SMILES string of the molecule is C#Cc1ccc(C(C)(C)C)cc1C#Cc1ccc2c3ccccc3c3ccccc3c2c1. The van der Waals surface area contributed by atoms with Gasteiger partial charge in [-0.05, 0) is 67.6 Å². The average molecular weight is 409 g/mol. The smallest absolute Gasteiger partial charge is 0.0408 e. The molecule has 0 nitrogen and oxygen atoms in total. The van der Waals surface area contributed by atoms with Crippen molar-refractivity contribution in [3.8, 4) is 24.2 Å². The van der Waals surface area contributed by atoms with Crippen LogP contribution in [0.2, 0.25) is 0 Å². The highest BCUT2D eigenvalue weighted by Gasteiger charge is 2.14. The van der Waals surface area contributed by atoms with Gasteiger partial charge in [-0.25, -0.2) is 0 Å². The Morgan fingerprint density at radius 2 is 1.12 bits per heavy atom. The van der Waals surface area contributed by atoms with Gasteiger partial charge >= 0.3 is 0 Å². The lowest BCUT2D eigenvalue weighted by Gasteiger charge is -2.19. The highest BCUT2D eigenvalue weighted by atomic mass is 14.2. The molecule has 0 aromatic heterocycles. The number of hydrogen-bond acceptors (Lipinski definition) is 0. The van der Waals surface area contributed by atoms with Gasteiger partial charge in [0.15, 0.2) is 0 Å². The van der Waals surface area contributed by atoms with Crippen molar-refractivity contribution < 1.29 is 0 Å². The average Bonchev–Trinajstić information content (AvgIpc) is 2.82. The molecule has 0 radical (unpaired) electrons. The third kappa shape index (κ3) is 3.41. The van der Waals surface area contributed by atoms with Gasteiger partial charge in [0.1, 0.15) is 0 Å². The molecule has 5 aromatic rings. The minimum Gasteiger partial charge on any atom is -0.115 e. The highest BCUT2D eigenvalue weighted by molar-refractivity contribution is 6.25. The second-order valence-corrected chi connectivity index (χ2v) is 9.26. The Labute approximate surface area is 189 Å². The zero-order valence-corrected chi connectivity index (χ0v) is 18.7. The van der Waals surface area contributed by atoms with Crippen molar-refractivity contribution in [2.75, 3.05) is 0 Å². The van der Waals surface area contributed by atoms with E-state index in [4.69, 9.17) is 6.42 Å². The molecular weight excluding hydrogens is 384 g/mol. The monoisotopic (exact) mass is 408 g/mol. The van der Waals surface area contributed by atoms with E-state index in [0.717, 1.165) is 16.7 Å². The van der Waals surface area contributed by atoms with Crippen molar-refractivity contribution >= 4 is 32.3 Å². The lowest BCUT2D eigenvalue weighted by atomic mass is 9.85. The number of benzene rings is 5. The topological polar surface area (TPSA) is 0 Å². The molecule has 0 N–H and O–H groups in total. The van der Waals surface area contributed by atoms with Gasteiger partial charge in [-0.1, -0.05) is 99.2 Å². The molecule has 152 valence electrons. The van der Waals surface area contributed by atoms with Crippen LogP contribution in [0, 0.1) is 24.2 Å². The van der Waals surface area contributed by atoms with Gasteiger partial charge in [-0.3, -0.25) is 0 Å². The molecule has 0 spiro atoms. The fourth-order valence-corrected chi connectivity index (χ4v) is 4.36. The van der Waals surface area contributed by atoms with E-state index in [9.17, 15) is 0 Å². The molecule has 0 aliphatic heterocycles. The molecule has 0 atom stereocenters. The normalized spacial score (nSPS) is 11.3. The number of fused-ring (bicyclic) bond motifs is 6. The second-order valence-electron chi connectivity index (χ2n) is 9.26. The summed E-state index contributed by atoms with van der Waals surface area (Å²) in [5, 5.41) is 7.56. The second kappa shape index (κ2) is 7.60. The van der Waals surface area contributed by atoms with Crippen molar-refractivity contribution in [3.63, 3.8) is 0 Å². The van der Waals surface area contributed by atoms with Crippen LogP contribution in [0.15, 0.2) is 84.9 Å². The van der Waals surface area contributed by atoms with Crippen LogP contribution in [-0.2, 0) is 5.41 Å². The lowest BCUT2D eigenvalue weighted by molar-refractivity contribution is 0.590. The Kier molecular flexibility index (Phi) is 4.74. The molecule has 0 aliphatic rings. The van der Waals surface area contributed by atoms with Crippen LogP contribution >= 0.6 is 0 Å². The molecule has 0 heterocycles. The van der Waals surface area contributed by atoms with Crippen LogP contribution < -0.4 is 0 Å². The largest absolute Gasteiger partial charge is 0.115 e. The molecule has 5 rings (SSSR count). The summed E-state index contributed by atoms with van der Waals surface area (Å²) in [6.45, 7) is 6.61. The maximum Gasteiger partial charge on any atom is 0.0408 e. The Bertz CT molecular complexity index is 1570. The highest BCUT2D eigenvalue weighted by Crippen LogP contribution is 2.35. The molecule has 0 saturated carbocycles. The summed E-state index contributed by atoms with van der Waals surface area (Å²) in [5.41, 5.74) is 4.01. The summed E-state index contributed by atoms with van der Waals surface area (Å²) >= 11 is 0. The van der Waals surface area contributed by atoms with E-state index in [-0.39, 0.29) is 5.41 Å². The molecule has 0 heteroatoms. The first-order valence-electron chi connectivity index (χ1n) is 10.9. The fourth-order valence-electron chi connectivity index (χ4n) is 4.36. The summed E-state index contributed by atoms with van der Waals surface area (Å²) in [5.74, 6) is 9.51. The third-order valence-corrected chi connectivity index (χ3v) is 6.13. The van der Waals surface area contributed by atoms with Crippen molar-refractivity contribution in [2.24, 2.45) is 0 Å². The summed E-state index contributed by atoms with van der Waals surface area (Å²) in [6, 6.07) is 30.0. The van der Waals surface area contributed by atoms with Gasteiger partial charge < -0.3 is 0 Å². The fraction of sp³-hybridized carbons (Fsp3) is 0.125. The van der Waals surface area contributed by atoms with Gasteiger partial charge in [-0.15, -0.1) is 6.42 Å². The molecule has 5 aromatic carbocycles. The molecule has 0 fully saturated rings. The minimum absolute atomic E-state index is 0.0481. The standard InChI is InChI=1S/C32H24/c1-5-23-17-18-25(32(2,3)4)21-24(23)16-14-22-15-19-30-28-12-7-6-10-26(28)27-11-8-9-13-29(27)31(30)20-22/h1,6-13,15,17-21H,2-4H3. The Balaban J connectivity index is 1.71. The number of hydrogen-bond donors (Lipinski definition) is 0. The molecule has 0 aliphatic carbocycles. The summed E-state index contributed by atoms with van der Waals surface area (Å²) < 4.78 is 0. The zero-order valence-electron chi connectivity index (χ0n) is 18.7. The summed E-state index contributed by atoms with van der Waals surface area (Å²) in [4.78, 5) is 0.